The molecule has 0 unspecified atom stereocenters. The van der Waals surface area contributed by atoms with Gasteiger partial charge in [0.15, 0.2) is 0 Å². The van der Waals surface area contributed by atoms with Gasteiger partial charge in [0.25, 0.3) is 0 Å². The quantitative estimate of drug-likeness (QED) is 0.449. The van der Waals surface area contributed by atoms with Crippen LogP contribution in [0.25, 0.3) is 0 Å². The molecule has 0 fully saturated rings. The molecule has 92 valence electrons. The predicted molar refractivity (Wildman–Crippen MR) is 75.1 cm³/mol. The summed E-state index contributed by atoms with van der Waals surface area (Å²) in [5.74, 6) is 0.920. The van der Waals surface area contributed by atoms with Gasteiger partial charge in [0.05, 0.1) is 18.3 Å². The summed E-state index contributed by atoms with van der Waals surface area (Å²) < 4.78 is 5.67. The largest absolute Gasteiger partial charge is 0.494 e. The van der Waals surface area contributed by atoms with Crippen LogP contribution in [0, 0.1) is 0 Å². The maximum Gasteiger partial charge on any atom is 0.119 e. The molecule has 1 aromatic rings. The van der Waals surface area contributed by atoms with Crippen LogP contribution in [0.4, 0.5) is 0 Å². The summed E-state index contributed by atoms with van der Waals surface area (Å²) in [5.41, 5.74) is 1.44. The van der Waals surface area contributed by atoms with Gasteiger partial charge in [0, 0.05) is 6.42 Å². The van der Waals surface area contributed by atoms with Crippen molar-refractivity contribution >= 4 is 17.4 Å². The Labute approximate surface area is 109 Å². The lowest BCUT2D eigenvalue weighted by molar-refractivity contribution is 0.313. The van der Waals surface area contributed by atoms with Gasteiger partial charge in [-0.25, -0.2) is 4.99 Å². The maximum atomic E-state index is 5.67. The van der Waals surface area contributed by atoms with Crippen LogP contribution in [-0.2, 0) is 5.41 Å². The lowest BCUT2D eigenvalue weighted by atomic mass is 9.87. The summed E-state index contributed by atoms with van der Waals surface area (Å²) in [6.45, 7) is 7.93. The summed E-state index contributed by atoms with van der Waals surface area (Å²) in [5, 5.41) is 2.35. The van der Waals surface area contributed by atoms with Crippen molar-refractivity contribution in [1.82, 2.24) is 0 Å². The standard InChI is InChI=1S/C14H19NOS/c1-14(2,3)12-6-4-7-13(10-12)16-9-5-8-15-11-17/h4,6-7,10H,5,8-9H2,1-3H3. The second-order valence-electron chi connectivity index (χ2n) is 4.95. The van der Waals surface area contributed by atoms with E-state index in [-0.39, 0.29) is 5.41 Å². The van der Waals surface area contributed by atoms with E-state index in [2.05, 4.69) is 55.3 Å². The van der Waals surface area contributed by atoms with Crippen molar-refractivity contribution in [1.29, 1.82) is 0 Å². The zero-order valence-electron chi connectivity index (χ0n) is 10.7. The van der Waals surface area contributed by atoms with Crippen molar-refractivity contribution < 1.29 is 4.74 Å². The highest BCUT2D eigenvalue weighted by molar-refractivity contribution is 7.78. The van der Waals surface area contributed by atoms with Crippen molar-refractivity contribution in [3.63, 3.8) is 0 Å². The normalized spacial score (nSPS) is 10.8. The molecule has 3 heteroatoms. The summed E-state index contributed by atoms with van der Waals surface area (Å²) in [6, 6.07) is 8.24. The van der Waals surface area contributed by atoms with Crippen LogP contribution >= 0.6 is 12.2 Å². The Hall–Kier alpha value is -1.18. The Morgan fingerprint density at radius 3 is 2.76 bits per heavy atom. The molecule has 0 saturated heterocycles. The molecule has 1 rings (SSSR count). The van der Waals surface area contributed by atoms with Crippen LogP contribution in [0.1, 0.15) is 32.8 Å². The van der Waals surface area contributed by atoms with E-state index < -0.39 is 0 Å². The summed E-state index contributed by atoms with van der Waals surface area (Å²) in [4.78, 5) is 3.84. The van der Waals surface area contributed by atoms with Crippen LogP contribution in [0.15, 0.2) is 29.3 Å². The van der Waals surface area contributed by atoms with E-state index in [1.807, 2.05) is 12.1 Å². The molecule has 0 heterocycles. The van der Waals surface area contributed by atoms with Crippen molar-refractivity contribution in [3.8, 4) is 5.75 Å². The number of hydrogen-bond acceptors (Lipinski definition) is 3. The van der Waals surface area contributed by atoms with Crippen molar-refractivity contribution in [2.45, 2.75) is 32.6 Å². The van der Waals surface area contributed by atoms with Crippen LogP contribution < -0.4 is 4.74 Å². The van der Waals surface area contributed by atoms with Crippen LogP contribution in [0.3, 0.4) is 0 Å². The zero-order chi connectivity index (χ0) is 12.7. The Morgan fingerprint density at radius 2 is 2.12 bits per heavy atom. The molecular formula is C14H19NOS. The van der Waals surface area contributed by atoms with Crippen LogP contribution in [-0.4, -0.2) is 18.3 Å². The van der Waals surface area contributed by atoms with E-state index in [9.17, 15) is 0 Å². The summed E-state index contributed by atoms with van der Waals surface area (Å²) >= 11 is 4.50. The molecule has 0 aliphatic heterocycles. The first-order valence-electron chi connectivity index (χ1n) is 5.81. The lowest BCUT2D eigenvalue weighted by Gasteiger charge is -2.19. The fraction of sp³-hybridized carbons (Fsp3) is 0.500. The molecule has 0 spiro atoms. The number of nitrogens with zero attached hydrogens (tertiary/aromatic N) is 1. The minimum Gasteiger partial charge on any atom is -0.494 e. The molecule has 0 N–H and O–H groups in total. The maximum absolute atomic E-state index is 5.67. The molecule has 0 aliphatic carbocycles. The first kappa shape index (κ1) is 13.9. The molecule has 1 aromatic carbocycles. The van der Waals surface area contributed by atoms with Gasteiger partial charge < -0.3 is 4.74 Å². The zero-order valence-corrected chi connectivity index (χ0v) is 11.5. The minimum atomic E-state index is 0.154. The first-order chi connectivity index (χ1) is 8.04. The molecule has 0 saturated carbocycles. The van der Waals surface area contributed by atoms with E-state index in [1.54, 1.807) is 0 Å². The molecule has 0 aromatic heterocycles. The molecule has 0 amide bonds. The molecule has 17 heavy (non-hydrogen) atoms. The number of isothiocyanates is 1. The van der Waals surface area contributed by atoms with Gasteiger partial charge in [-0.05, 0) is 35.3 Å². The second-order valence-corrected chi connectivity index (χ2v) is 5.14. The number of hydrogen-bond donors (Lipinski definition) is 0. The third-order valence-corrected chi connectivity index (χ3v) is 2.58. The van der Waals surface area contributed by atoms with Gasteiger partial charge in [-0.1, -0.05) is 32.9 Å². The number of thiocarbonyl (C=S) groups is 1. The molecule has 0 aliphatic rings. The van der Waals surface area contributed by atoms with E-state index >= 15 is 0 Å². The Balaban J connectivity index is 2.52. The van der Waals surface area contributed by atoms with E-state index in [1.165, 1.54) is 5.56 Å². The predicted octanol–water partition coefficient (Wildman–Crippen LogP) is 3.86. The SMILES string of the molecule is CC(C)(C)c1cccc(OCCCN=C=S)c1. The number of ether oxygens (including phenoxy) is 1. The molecule has 2 nitrogen and oxygen atoms in total. The Bertz CT molecular complexity index is 403. The third kappa shape index (κ3) is 5.12. The fourth-order valence-corrected chi connectivity index (χ4v) is 1.52. The van der Waals surface area contributed by atoms with E-state index in [0.29, 0.717) is 13.2 Å². The molecular weight excluding hydrogens is 230 g/mol. The molecule has 0 radical (unpaired) electrons. The smallest absolute Gasteiger partial charge is 0.119 e. The average Bonchev–Trinajstić information content (AvgIpc) is 2.28. The number of benzene rings is 1. The average molecular weight is 249 g/mol. The topological polar surface area (TPSA) is 21.6 Å². The lowest BCUT2D eigenvalue weighted by Crippen LogP contribution is -2.11. The number of aliphatic imine (C=N–C) groups is 1. The van der Waals surface area contributed by atoms with Gasteiger partial charge in [-0.3, -0.25) is 0 Å². The van der Waals surface area contributed by atoms with Crippen LogP contribution in [0.2, 0.25) is 0 Å². The highest BCUT2D eigenvalue weighted by Gasteiger charge is 2.13. The minimum absolute atomic E-state index is 0.154. The summed E-state index contributed by atoms with van der Waals surface area (Å²) in [7, 11) is 0. The van der Waals surface area contributed by atoms with Crippen LogP contribution in [0.5, 0.6) is 5.75 Å². The Morgan fingerprint density at radius 1 is 1.35 bits per heavy atom. The molecule has 0 bridgehead atoms. The van der Waals surface area contributed by atoms with Gasteiger partial charge in [-0.15, -0.1) is 0 Å². The van der Waals surface area contributed by atoms with E-state index in [4.69, 9.17) is 4.74 Å². The van der Waals surface area contributed by atoms with E-state index in [0.717, 1.165) is 12.2 Å². The third-order valence-electron chi connectivity index (χ3n) is 2.45. The summed E-state index contributed by atoms with van der Waals surface area (Å²) in [6.07, 6.45) is 0.864. The van der Waals surface area contributed by atoms with Gasteiger partial charge >= 0.3 is 0 Å². The number of rotatable bonds is 5. The first-order valence-corrected chi connectivity index (χ1v) is 6.22. The second kappa shape index (κ2) is 6.53. The molecule has 0 atom stereocenters. The van der Waals surface area contributed by atoms with Gasteiger partial charge in [0.2, 0.25) is 0 Å². The Kier molecular flexibility index (Phi) is 5.33. The van der Waals surface area contributed by atoms with Gasteiger partial charge in [0.1, 0.15) is 5.75 Å². The highest BCUT2D eigenvalue weighted by Crippen LogP contribution is 2.25. The highest BCUT2D eigenvalue weighted by atomic mass is 32.1. The van der Waals surface area contributed by atoms with Crippen molar-refractivity contribution in [2.24, 2.45) is 4.99 Å². The fourth-order valence-electron chi connectivity index (χ4n) is 1.43. The van der Waals surface area contributed by atoms with Crippen molar-refractivity contribution in [2.75, 3.05) is 13.2 Å². The van der Waals surface area contributed by atoms with Gasteiger partial charge in [-0.2, -0.15) is 0 Å². The monoisotopic (exact) mass is 249 g/mol. The van der Waals surface area contributed by atoms with Crippen molar-refractivity contribution in [3.05, 3.63) is 29.8 Å².